The first-order valence-electron chi connectivity index (χ1n) is 8.65. The summed E-state index contributed by atoms with van der Waals surface area (Å²) in [6, 6.07) is 11.2. The topological polar surface area (TPSA) is 101 Å². The molecule has 4 aromatic rings. The second-order valence-electron chi connectivity index (χ2n) is 6.28. The Labute approximate surface area is 172 Å². The number of methoxy groups -OCH3 is 2. The van der Waals surface area contributed by atoms with E-state index in [4.69, 9.17) is 14.0 Å². The number of fused-ring (bicyclic) bond motifs is 3. The molecule has 2 aromatic heterocycles. The SMILES string of the molecule is COc1cc(-c2c(OC)ccc3[nH]c(=O)c4sccc4c23)ccc1CNS(=O)O. The Morgan fingerprint density at radius 2 is 1.93 bits per heavy atom. The lowest BCUT2D eigenvalue weighted by Crippen LogP contribution is -2.15. The molecule has 1 unspecified atom stereocenters. The second-order valence-corrected chi connectivity index (χ2v) is 7.98. The third-order valence-corrected chi connectivity index (χ3v) is 6.04. The quantitative estimate of drug-likeness (QED) is 0.406. The van der Waals surface area contributed by atoms with Crippen molar-refractivity contribution in [1.82, 2.24) is 9.71 Å². The Morgan fingerprint density at radius 1 is 1.14 bits per heavy atom. The number of aromatic nitrogens is 1. The highest BCUT2D eigenvalue weighted by Crippen LogP contribution is 2.41. The molecule has 0 radical (unpaired) electrons. The molecule has 0 aliphatic rings. The van der Waals surface area contributed by atoms with E-state index in [0.29, 0.717) is 16.2 Å². The van der Waals surface area contributed by atoms with Crippen LogP contribution in [0.3, 0.4) is 0 Å². The van der Waals surface area contributed by atoms with Crippen LogP contribution >= 0.6 is 11.3 Å². The zero-order valence-electron chi connectivity index (χ0n) is 15.6. The molecule has 0 fully saturated rings. The second kappa shape index (κ2) is 7.96. The van der Waals surface area contributed by atoms with Gasteiger partial charge in [0.1, 0.15) is 16.2 Å². The maximum absolute atomic E-state index is 12.4. The van der Waals surface area contributed by atoms with Gasteiger partial charge in [0.05, 0.1) is 14.2 Å². The van der Waals surface area contributed by atoms with E-state index in [-0.39, 0.29) is 12.1 Å². The normalized spacial score (nSPS) is 12.4. The third kappa shape index (κ3) is 3.53. The van der Waals surface area contributed by atoms with E-state index in [2.05, 4.69) is 9.71 Å². The van der Waals surface area contributed by atoms with Gasteiger partial charge < -0.3 is 14.5 Å². The molecule has 3 N–H and O–H groups in total. The summed E-state index contributed by atoms with van der Waals surface area (Å²) in [6.45, 7) is 0.182. The van der Waals surface area contributed by atoms with Crippen molar-refractivity contribution in [2.24, 2.45) is 0 Å². The minimum Gasteiger partial charge on any atom is -0.496 e. The number of ether oxygens (including phenoxy) is 2. The number of nitrogens with one attached hydrogen (secondary N) is 2. The molecule has 0 saturated carbocycles. The van der Waals surface area contributed by atoms with E-state index < -0.39 is 11.3 Å². The summed E-state index contributed by atoms with van der Waals surface area (Å²) in [4.78, 5) is 15.3. The van der Waals surface area contributed by atoms with E-state index >= 15 is 0 Å². The Balaban J connectivity index is 1.99. The fourth-order valence-corrected chi connectivity index (χ4v) is 4.55. The van der Waals surface area contributed by atoms with Gasteiger partial charge in [-0.2, -0.15) is 0 Å². The lowest BCUT2D eigenvalue weighted by molar-refractivity contribution is 0.409. The molecule has 4 rings (SSSR count). The van der Waals surface area contributed by atoms with Crippen LogP contribution in [0.4, 0.5) is 0 Å². The number of benzene rings is 2. The Morgan fingerprint density at radius 3 is 2.66 bits per heavy atom. The number of pyridine rings is 1. The maximum Gasteiger partial charge on any atom is 0.266 e. The first kappa shape index (κ1) is 19.6. The molecule has 9 heteroatoms. The number of hydrogen-bond donors (Lipinski definition) is 3. The smallest absolute Gasteiger partial charge is 0.266 e. The van der Waals surface area contributed by atoms with E-state index in [9.17, 15) is 9.00 Å². The van der Waals surface area contributed by atoms with Crippen LogP contribution in [0.15, 0.2) is 46.6 Å². The van der Waals surface area contributed by atoms with Crippen LogP contribution < -0.4 is 19.8 Å². The van der Waals surface area contributed by atoms with Gasteiger partial charge in [-0.25, -0.2) is 8.93 Å². The van der Waals surface area contributed by atoms with Gasteiger partial charge in [-0.1, -0.05) is 12.1 Å². The van der Waals surface area contributed by atoms with Crippen molar-refractivity contribution in [3.8, 4) is 22.6 Å². The fourth-order valence-electron chi connectivity index (χ4n) is 3.47. The fraction of sp³-hybridized carbons (Fsp3) is 0.150. The minimum absolute atomic E-state index is 0.116. The molecule has 0 bridgehead atoms. The Hall–Kier alpha value is -2.72. The highest BCUT2D eigenvalue weighted by molar-refractivity contribution is 7.77. The van der Waals surface area contributed by atoms with Crippen molar-refractivity contribution in [2.45, 2.75) is 6.54 Å². The van der Waals surface area contributed by atoms with Gasteiger partial charge in [0.15, 0.2) is 0 Å². The largest absolute Gasteiger partial charge is 0.496 e. The van der Waals surface area contributed by atoms with E-state index in [0.717, 1.165) is 33.0 Å². The van der Waals surface area contributed by atoms with Crippen molar-refractivity contribution < 1.29 is 18.2 Å². The standard InChI is InChI=1S/C20H18N2O5S2/c1-26-15-6-5-14-18(13-7-8-28-19(13)20(23)22-14)17(15)11-3-4-12(10-21-29(24)25)16(9-11)27-2/h3-9,21H,10H2,1-2H3,(H,22,23)(H,24,25). The molecule has 0 amide bonds. The summed E-state index contributed by atoms with van der Waals surface area (Å²) in [5.41, 5.74) is 3.03. The van der Waals surface area contributed by atoms with Crippen molar-refractivity contribution in [3.05, 3.63) is 57.7 Å². The summed E-state index contributed by atoms with van der Waals surface area (Å²) < 4.78 is 34.2. The number of H-pyrrole nitrogens is 1. The van der Waals surface area contributed by atoms with Crippen LogP contribution in [0.1, 0.15) is 5.56 Å². The molecule has 29 heavy (non-hydrogen) atoms. The molecule has 0 aliphatic carbocycles. The molecule has 0 saturated heterocycles. The van der Waals surface area contributed by atoms with Crippen molar-refractivity contribution in [2.75, 3.05) is 14.2 Å². The number of hydrogen-bond acceptors (Lipinski definition) is 5. The van der Waals surface area contributed by atoms with Crippen LogP contribution in [-0.2, 0) is 17.8 Å². The molecule has 0 spiro atoms. The zero-order chi connectivity index (χ0) is 20.5. The lowest BCUT2D eigenvalue weighted by atomic mass is 9.96. The Kier molecular flexibility index (Phi) is 5.37. The number of aromatic amines is 1. The lowest BCUT2D eigenvalue weighted by Gasteiger charge is -2.16. The van der Waals surface area contributed by atoms with Crippen LogP contribution in [-0.4, -0.2) is 28.0 Å². The predicted octanol–water partition coefficient (Wildman–Crippen LogP) is 3.65. The Bertz CT molecular complexity index is 1300. The van der Waals surface area contributed by atoms with Crippen LogP contribution in [0.25, 0.3) is 32.1 Å². The molecule has 1 atom stereocenters. The van der Waals surface area contributed by atoms with Gasteiger partial charge in [-0.3, -0.25) is 9.35 Å². The highest BCUT2D eigenvalue weighted by atomic mass is 32.2. The molecular weight excluding hydrogens is 412 g/mol. The van der Waals surface area contributed by atoms with Crippen LogP contribution in [0, 0.1) is 0 Å². The third-order valence-electron chi connectivity index (χ3n) is 4.74. The monoisotopic (exact) mass is 430 g/mol. The maximum atomic E-state index is 12.4. The van der Waals surface area contributed by atoms with Crippen molar-refractivity contribution in [1.29, 1.82) is 0 Å². The van der Waals surface area contributed by atoms with Gasteiger partial charge in [0.25, 0.3) is 5.56 Å². The zero-order valence-corrected chi connectivity index (χ0v) is 17.3. The summed E-state index contributed by atoms with van der Waals surface area (Å²) in [5, 5.41) is 3.65. The van der Waals surface area contributed by atoms with Crippen LogP contribution in [0.5, 0.6) is 11.5 Å². The summed E-state index contributed by atoms with van der Waals surface area (Å²) in [7, 11) is 3.15. The van der Waals surface area contributed by atoms with Gasteiger partial charge in [0.2, 0.25) is 11.3 Å². The number of thiophene rings is 1. The van der Waals surface area contributed by atoms with E-state index in [1.54, 1.807) is 14.2 Å². The summed E-state index contributed by atoms with van der Waals surface area (Å²) in [5.74, 6) is 1.24. The van der Waals surface area contributed by atoms with Crippen molar-refractivity contribution >= 4 is 43.6 Å². The highest BCUT2D eigenvalue weighted by Gasteiger charge is 2.17. The predicted molar refractivity (Wildman–Crippen MR) is 116 cm³/mol. The minimum atomic E-state index is -2.11. The van der Waals surface area contributed by atoms with E-state index in [1.807, 2.05) is 41.8 Å². The van der Waals surface area contributed by atoms with Gasteiger partial charge in [-0.05, 0) is 35.2 Å². The average Bonchev–Trinajstić information content (AvgIpc) is 3.22. The first-order chi connectivity index (χ1) is 14.0. The van der Waals surface area contributed by atoms with E-state index in [1.165, 1.54) is 11.3 Å². The van der Waals surface area contributed by atoms with Gasteiger partial charge >= 0.3 is 0 Å². The van der Waals surface area contributed by atoms with Gasteiger partial charge in [-0.15, -0.1) is 11.3 Å². The molecule has 7 nitrogen and oxygen atoms in total. The first-order valence-corrected chi connectivity index (χ1v) is 10.6. The molecular formula is C20H18N2O5S2. The molecule has 2 aromatic carbocycles. The van der Waals surface area contributed by atoms with Gasteiger partial charge in [0, 0.05) is 34.0 Å². The molecule has 150 valence electrons. The van der Waals surface area contributed by atoms with Crippen molar-refractivity contribution in [3.63, 3.8) is 0 Å². The number of rotatable bonds is 6. The average molecular weight is 431 g/mol. The molecule has 2 heterocycles. The molecule has 0 aliphatic heterocycles. The van der Waals surface area contributed by atoms with Crippen LogP contribution in [0.2, 0.25) is 0 Å². The summed E-state index contributed by atoms with van der Waals surface area (Å²) in [6.07, 6.45) is 0. The summed E-state index contributed by atoms with van der Waals surface area (Å²) >= 11 is -0.717.